The Bertz CT molecular complexity index is 1730. The zero-order valence-corrected chi connectivity index (χ0v) is 32.4. The molecule has 1 aliphatic rings. The van der Waals surface area contributed by atoms with Crippen molar-refractivity contribution in [1.82, 2.24) is 25.8 Å². The van der Waals surface area contributed by atoms with Gasteiger partial charge in [0, 0.05) is 35.6 Å². The third-order valence-electron chi connectivity index (χ3n) is 8.64. The van der Waals surface area contributed by atoms with Gasteiger partial charge in [0.2, 0.25) is 17.9 Å². The summed E-state index contributed by atoms with van der Waals surface area (Å²) in [6.07, 6.45) is 1.32. The maximum atomic E-state index is 14.7. The first kappa shape index (κ1) is 40.9. The molecule has 284 valence electrons. The molecule has 3 N–H and O–H groups in total. The van der Waals surface area contributed by atoms with E-state index in [0.717, 1.165) is 22.3 Å². The third-order valence-corrected chi connectivity index (χ3v) is 10.0. The molecule has 53 heavy (non-hydrogen) atoms. The summed E-state index contributed by atoms with van der Waals surface area (Å²) >= 11 is 1.43. The van der Waals surface area contributed by atoms with Crippen LogP contribution >= 0.6 is 11.8 Å². The fourth-order valence-electron chi connectivity index (χ4n) is 6.04. The average molecular weight is 746 g/mol. The van der Waals surface area contributed by atoms with Crippen LogP contribution in [0.3, 0.4) is 0 Å². The molecule has 0 bridgehead atoms. The van der Waals surface area contributed by atoms with Crippen LogP contribution in [0.25, 0.3) is 0 Å². The number of hydrogen-bond donors (Lipinski definition) is 3. The molecule has 13 heteroatoms. The normalized spacial score (nSPS) is 16.2. The molecule has 3 atom stereocenters. The molecule has 0 spiro atoms. The average Bonchev–Trinajstić information content (AvgIpc) is 3.43. The Morgan fingerprint density at radius 2 is 1.57 bits per heavy atom. The molecule has 4 rings (SSSR count). The largest absolute Gasteiger partial charge is 0.483 e. The van der Waals surface area contributed by atoms with Crippen molar-refractivity contribution < 1.29 is 33.4 Å². The topological polar surface area (TPSA) is 156 Å². The number of rotatable bonds is 15. The summed E-state index contributed by atoms with van der Waals surface area (Å²) < 4.78 is 11.2. The second-order valence-electron chi connectivity index (χ2n) is 14.7. The van der Waals surface area contributed by atoms with Gasteiger partial charge in [-0.1, -0.05) is 48.5 Å². The van der Waals surface area contributed by atoms with Crippen molar-refractivity contribution in [3.63, 3.8) is 0 Å². The first-order chi connectivity index (χ1) is 25.0. The molecule has 2 heterocycles. The highest BCUT2D eigenvalue weighted by atomic mass is 32.2. The van der Waals surface area contributed by atoms with Crippen molar-refractivity contribution in [3.8, 4) is 5.75 Å². The molecule has 0 unspecified atom stereocenters. The molecule has 12 nitrogen and oxygen atoms in total. The number of para-hydroxylation sites is 1. The Hall–Kier alpha value is -4.91. The van der Waals surface area contributed by atoms with Gasteiger partial charge in [-0.15, -0.1) is 11.8 Å². The number of benzene rings is 2. The SMILES string of the molecule is Cc1cccc(C)c1OCC(=O)N[C@@H](Cc1ccccc1)[C@H](OC(=O)CCC(=O)NCc1ccncc1)C(=O)N1CSC(C)(C)[C@H]1C(=O)NC(C)(C)C. The number of pyridine rings is 1. The van der Waals surface area contributed by atoms with Gasteiger partial charge in [-0.3, -0.25) is 29.0 Å². The fraction of sp³-hybridized carbons (Fsp3) is 0.450. The minimum absolute atomic E-state index is 0.120. The minimum Gasteiger partial charge on any atom is -0.483 e. The standard InChI is InChI=1S/C40H51N5O7S/c1-26-12-11-13-27(2)34(26)51-24-32(47)43-30(22-28-14-9-8-10-15-28)35(52-33(48)17-16-31(46)42-23-29-18-20-41-21-19-29)38(50)45-25-53-40(6,7)36(45)37(49)44-39(3,4)5/h8-15,18-21,30,35-36H,16-17,22-25H2,1-7H3,(H,42,46)(H,43,47)(H,44,49)/t30-,35-,36+/m0/s1. The zero-order valence-electron chi connectivity index (χ0n) is 31.6. The summed E-state index contributed by atoms with van der Waals surface area (Å²) in [4.78, 5) is 73.6. The summed E-state index contributed by atoms with van der Waals surface area (Å²) in [5.41, 5.74) is 2.77. The molecule has 4 amide bonds. The number of nitrogens with zero attached hydrogens (tertiary/aromatic N) is 2. The molecule has 2 aromatic carbocycles. The van der Waals surface area contributed by atoms with Gasteiger partial charge in [0.05, 0.1) is 18.3 Å². The molecular weight excluding hydrogens is 695 g/mol. The lowest BCUT2D eigenvalue weighted by Gasteiger charge is -2.36. The van der Waals surface area contributed by atoms with Crippen LogP contribution in [0.4, 0.5) is 0 Å². The molecular formula is C40H51N5O7S. The van der Waals surface area contributed by atoms with E-state index in [1.54, 1.807) is 24.5 Å². The van der Waals surface area contributed by atoms with E-state index in [0.29, 0.717) is 5.75 Å². The number of aryl methyl sites for hydroxylation is 2. The number of esters is 1. The lowest BCUT2D eigenvalue weighted by Crippen LogP contribution is -2.61. The van der Waals surface area contributed by atoms with E-state index in [1.165, 1.54) is 16.7 Å². The second-order valence-corrected chi connectivity index (χ2v) is 16.3. The Morgan fingerprint density at radius 1 is 0.906 bits per heavy atom. The van der Waals surface area contributed by atoms with Crippen molar-refractivity contribution in [1.29, 1.82) is 0 Å². The number of carbonyl (C=O) groups is 5. The summed E-state index contributed by atoms with van der Waals surface area (Å²) in [6.45, 7) is 13.0. The Balaban J connectivity index is 1.61. The van der Waals surface area contributed by atoms with Crippen molar-refractivity contribution in [2.75, 3.05) is 12.5 Å². The van der Waals surface area contributed by atoms with E-state index in [-0.39, 0.29) is 50.1 Å². The van der Waals surface area contributed by atoms with E-state index in [1.807, 2.05) is 97.0 Å². The van der Waals surface area contributed by atoms with Gasteiger partial charge in [-0.2, -0.15) is 0 Å². The number of thioether (sulfide) groups is 1. The summed E-state index contributed by atoms with van der Waals surface area (Å²) in [6, 6.07) is 16.4. The molecule has 0 radical (unpaired) electrons. The molecule has 3 aromatic rings. The quantitative estimate of drug-likeness (QED) is 0.192. The molecule has 0 saturated carbocycles. The van der Waals surface area contributed by atoms with Crippen molar-refractivity contribution in [3.05, 3.63) is 95.3 Å². The molecule has 1 fully saturated rings. The molecule has 0 aliphatic carbocycles. The van der Waals surface area contributed by atoms with Crippen LogP contribution in [0, 0.1) is 13.8 Å². The van der Waals surface area contributed by atoms with Gasteiger partial charge < -0.3 is 30.3 Å². The van der Waals surface area contributed by atoms with Crippen molar-refractivity contribution in [2.24, 2.45) is 0 Å². The Morgan fingerprint density at radius 3 is 2.21 bits per heavy atom. The van der Waals surface area contributed by atoms with Crippen molar-refractivity contribution in [2.45, 2.75) is 103 Å². The van der Waals surface area contributed by atoms with E-state index in [9.17, 15) is 24.0 Å². The van der Waals surface area contributed by atoms with E-state index in [4.69, 9.17) is 9.47 Å². The summed E-state index contributed by atoms with van der Waals surface area (Å²) in [5, 5.41) is 8.67. The highest BCUT2D eigenvalue weighted by Gasteiger charge is 2.51. The van der Waals surface area contributed by atoms with Gasteiger partial charge in [-0.25, -0.2) is 0 Å². The Kier molecular flexibility index (Phi) is 14.0. The number of aromatic nitrogens is 1. The van der Waals surface area contributed by atoms with Gasteiger partial charge in [0.1, 0.15) is 11.8 Å². The summed E-state index contributed by atoms with van der Waals surface area (Å²) in [7, 11) is 0. The van der Waals surface area contributed by atoms with Gasteiger partial charge >= 0.3 is 5.97 Å². The van der Waals surface area contributed by atoms with E-state index >= 15 is 0 Å². The Labute approximate surface area is 316 Å². The van der Waals surface area contributed by atoms with Crippen LogP contribution in [0.2, 0.25) is 0 Å². The number of ether oxygens (including phenoxy) is 2. The van der Waals surface area contributed by atoms with Crippen LogP contribution < -0.4 is 20.7 Å². The predicted molar refractivity (Wildman–Crippen MR) is 204 cm³/mol. The third kappa shape index (κ3) is 12.1. The zero-order chi connectivity index (χ0) is 38.8. The number of carbonyl (C=O) groups excluding carboxylic acids is 5. The lowest BCUT2D eigenvalue weighted by atomic mass is 9.96. The van der Waals surface area contributed by atoms with Gasteiger partial charge in [-0.05, 0) is 89.3 Å². The van der Waals surface area contributed by atoms with Crippen LogP contribution in [0.1, 0.15) is 69.7 Å². The van der Waals surface area contributed by atoms with Crippen LogP contribution in [0.15, 0.2) is 73.1 Å². The smallest absolute Gasteiger partial charge is 0.307 e. The predicted octanol–water partition coefficient (Wildman–Crippen LogP) is 4.41. The highest BCUT2D eigenvalue weighted by molar-refractivity contribution is 8.00. The van der Waals surface area contributed by atoms with Crippen molar-refractivity contribution >= 4 is 41.4 Å². The van der Waals surface area contributed by atoms with Crippen LogP contribution in [-0.2, 0) is 41.7 Å². The maximum absolute atomic E-state index is 14.7. The summed E-state index contributed by atoms with van der Waals surface area (Å²) in [5.74, 6) is -1.96. The van der Waals surface area contributed by atoms with Gasteiger partial charge in [0.25, 0.3) is 11.8 Å². The monoisotopic (exact) mass is 745 g/mol. The van der Waals surface area contributed by atoms with Crippen LogP contribution in [0.5, 0.6) is 5.75 Å². The molecule has 1 aromatic heterocycles. The molecule has 1 aliphatic heterocycles. The lowest BCUT2D eigenvalue weighted by molar-refractivity contribution is -0.164. The second kappa shape index (κ2) is 18.2. The molecule has 1 saturated heterocycles. The highest BCUT2D eigenvalue weighted by Crippen LogP contribution is 2.40. The van der Waals surface area contributed by atoms with Crippen LogP contribution in [-0.4, -0.2) is 80.4 Å². The number of hydrogen-bond acceptors (Lipinski definition) is 9. The number of amides is 4. The van der Waals surface area contributed by atoms with E-state index in [2.05, 4.69) is 20.9 Å². The first-order valence-electron chi connectivity index (χ1n) is 17.7. The fourth-order valence-corrected chi connectivity index (χ4v) is 7.18. The minimum atomic E-state index is -1.54. The first-order valence-corrected chi connectivity index (χ1v) is 18.7. The number of nitrogens with one attached hydrogen (secondary N) is 3. The van der Waals surface area contributed by atoms with Gasteiger partial charge in [0.15, 0.2) is 6.61 Å². The van der Waals surface area contributed by atoms with E-state index < -0.39 is 46.3 Å². The maximum Gasteiger partial charge on any atom is 0.307 e.